The molecule has 3 N–H and O–H groups in total. The molecule has 1 amide bonds. The van der Waals surface area contributed by atoms with E-state index < -0.39 is 5.60 Å². The van der Waals surface area contributed by atoms with Crippen molar-refractivity contribution in [2.24, 2.45) is 5.73 Å². The van der Waals surface area contributed by atoms with Crippen molar-refractivity contribution in [3.63, 3.8) is 0 Å². The van der Waals surface area contributed by atoms with Crippen LogP contribution in [-0.4, -0.2) is 60.5 Å². The summed E-state index contributed by atoms with van der Waals surface area (Å²) in [4.78, 5) is 39.0. The number of nitrogens with one attached hydrogen (secondary N) is 1. The maximum atomic E-state index is 12.7. The van der Waals surface area contributed by atoms with Crippen LogP contribution in [0.15, 0.2) is 45.9 Å². The molecule has 1 aromatic carbocycles. The van der Waals surface area contributed by atoms with E-state index in [9.17, 15) is 9.59 Å². The Kier molecular flexibility index (Phi) is 7.73. The Bertz CT molecular complexity index is 1630. The van der Waals surface area contributed by atoms with Crippen molar-refractivity contribution >= 4 is 44.5 Å². The van der Waals surface area contributed by atoms with E-state index in [0.717, 1.165) is 16.8 Å². The number of likely N-dealkylation sites (tertiary alicyclic amines) is 1. The molecule has 0 aliphatic carbocycles. The number of H-pyrrole nitrogens is 1. The largest absolute Gasteiger partial charge is 0.444 e. The number of aromatic amines is 1. The van der Waals surface area contributed by atoms with Crippen LogP contribution in [0.3, 0.4) is 0 Å². The first kappa shape index (κ1) is 28.3. The summed E-state index contributed by atoms with van der Waals surface area (Å²) in [5, 5.41) is 5.70. The van der Waals surface area contributed by atoms with Gasteiger partial charge in [-0.25, -0.2) is 19.4 Å². The van der Waals surface area contributed by atoms with Gasteiger partial charge < -0.3 is 20.4 Å². The molecule has 4 heterocycles. The minimum absolute atomic E-state index is 0.118. The van der Waals surface area contributed by atoms with E-state index in [1.807, 2.05) is 46.0 Å². The number of carbonyl (C=O) groups is 1. The Balaban J connectivity index is 1.33. The molecule has 4 aromatic rings. The highest BCUT2D eigenvalue weighted by molar-refractivity contribution is 9.10. The van der Waals surface area contributed by atoms with Crippen molar-refractivity contribution in [3.8, 4) is 5.82 Å². The predicted octanol–water partition coefficient (Wildman–Crippen LogP) is 4.87. The second kappa shape index (κ2) is 10.9. The third-order valence-corrected chi connectivity index (χ3v) is 8.01. The molecule has 40 heavy (non-hydrogen) atoms. The maximum absolute atomic E-state index is 12.7. The summed E-state index contributed by atoms with van der Waals surface area (Å²) in [7, 11) is 0. The molecule has 1 fully saturated rings. The van der Waals surface area contributed by atoms with Crippen molar-refractivity contribution in [3.05, 3.63) is 79.2 Å². The lowest BCUT2D eigenvalue weighted by Crippen LogP contribution is -2.49. The number of fused-ring (bicyclic) bond motifs is 1. The number of amides is 1. The average molecular weight is 629 g/mol. The molecule has 12 heteroatoms. The molecule has 5 rings (SSSR count). The maximum Gasteiger partial charge on any atom is 0.410 e. The lowest BCUT2D eigenvalue weighted by molar-refractivity contribution is 0.0184. The van der Waals surface area contributed by atoms with Crippen LogP contribution >= 0.6 is 27.5 Å². The van der Waals surface area contributed by atoms with Gasteiger partial charge in [-0.15, -0.1) is 0 Å². The molecule has 0 radical (unpaired) electrons. The standard InChI is InChI=1S/C28H31BrClN7O3/c1-15-13-37(35-25(15)18-14-36(8-7-21(18)31)27(39)40-28(2,3)4)24-6-5-16(12-32-24)9-23-33-22-11-19(29)20(30)10-17(22)26(38)34-23/h5-6,10-13,18,21H,7-9,14,31H2,1-4H3,(H,33,34,38). The number of aryl methyl sites for hydroxylation is 1. The smallest absolute Gasteiger partial charge is 0.410 e. The summed E-state index contributed by atoms with van der Waals surface area (Å²) in [6, 6.07) is 7.01. The van der Waals surface area contributed by atoms with Crippen molar-refractivity contribution in [2.75, 3.05) is 13.1 Å². The van der Waals surface area contributed by atoms with Gasteiger partial charge in [0.25, 0.3) is 5.56 Å². The molecule has 2 atom stereocenters. The molecular formula is C28H31BrClN7O3. The fourth-order valence-electron chi connectivity index (χ4n) is 4.83. The van der Waals surface area contributed by atoms with Gasteiger partial charge in [-0.1, -0.05) is 17.7 Å². The number of nitrogens with zero attached hydrogens (tertiary/aromatic N) is 5. The van der Waals surface area contributed by atoms with Gasteiger partial charge in [-0.2, -0.15) is 5.10 Å². The molecule has 2 unspecified atom stereocenters. The lowest BCUT2D eigenvalue weighted by atomic mass is 9.89. The van der Waals surface area contributed by atoms with Crippen LogP contribution in [0.2, 0.25) is 5.02 Å². The fourth-order valence-corrected chi connectivity index (χ4v) is 5.32. The van der Waals surface area contributed by atoms with Gasteiger partial charge in [0.15, 0.2) is 5.82 Å². The zero-order valence-corrected chi connectivity index (χ0v) is 25.1. The van der Waals surface area contributed by atoms with Crippen molar-refractivity contribution in [2.45, 2.75) is 58.1 Å². The average Bonchev–Trinajstić information content (AvgIpc) is 3.26. The number of halogens is 2. The van der Waals surface area contributed by atoms with E-state index in [1.54, 1.807) is 27.9 Å². The number of hydrogen-bond donors (Lipinski definition) is 2. The third kappa shape index (κ3) is 6.06. The first-order valence-electron chi connectivity index (χ1n) is 13.0. The normalized spacial score (nSPS) is 17.8. The van der Waals surface area contributed by atoms with Gasteiger partial charge in [-0.05, 0) is 79.4 Å². The summed E-state index contributed by atoms with van der Waals surface area (Å²) >= 11 is 9.51. The highest BCUT2D eigenvalue weighted by atomic mass is 79.9. The van der Waals surface area contributed by atoms with Crippen LogP contribution in [0.5, 0.6) is 0 Å². The number of pyridine rings is 1. The van der Waals surface area contributed by atoms with Gasteiger partial charge in [0.05, 0.1) is 21.6 Å². The van der Waals surface area contributed by atoms with Crippen LogP contribution in [0, 0.1) is 6.92 Å². The van der Waals surface area contributed by atoms with Crippen molar-refractivity contribution in [1.29, 1.82) is 0 Å². The monoisotopic (exact) mass is 627 g/mol. The molecule has 1 saturated heterocycles. The van der Waals surface area contributed by atoms with Crippen LogP contribution in [-0.2, 0) is 11.2 Å². The minimum Gasteiger partial charge on any atom is -0.444 e. The van der Waals surface area contributed by atoms with Gasteiger partial charge in [0, 0.05) is 48.3 Å². The fraction of sp³-hybridized carbons (Fsp3) is 0.393. The molecule has 210 valence electrons. The summed E-state index contributed by atoms with van der Waals surface area (Å²) in [6.45, 7) is 8.55. The van der Waals surface area contributed by atoms with Gasteiger partial charge in [0.2, 0.25) is 0 Å². The minimum atomic E-state index is -0.563. The Labute approximate surface area is 245 Å². The highest BCUT2D eigenvalue weighted by Gasteiger charge is 2.35. The molecule has 3 aromatic heterocycles. The van der Waals surface area contributed by atoms with Crippen LogP contribution < -0.4 is 11.3 Å². The van der Waals surface area contributed by atoms with E-state index >= 15 is 0 Å². The van der Waals surface area contributed by atoms with Crippen molar-refractivity contribution in [1.82, 2.24) is 29.6 Å². The van der Waals surface area contributed by atoms with Gasteiger partial charge in [-0.3, -0.25) is 4.79 Å². The van der Waals surface area contributed by atoms with Gasteiger partial charge >= 0.3 is 6.09 Å². The van der Waals surface area contributed by atoms with E-state index in [4.69, 9.17) is 27.2 Å². The number of hydrogen-bond acceptors (Lipinski definition) is 7. The van der Waals surface area contributed by atoms with Crippen LogP contribution in [0.25, 0.3) is 16.7 Å². The van der Waals surface area contributed by atoms with Crippen molar-refractivity contribution < 1.29 is 9.53 Å². The Morgan fingerprint density at radius 2 is 2.08 bits per heavy atom. The number of carbonyl (C=O) groups excluding carboxylic acids is 1. The highest BCUT2D eigenvalue weighted by Crippen LogP contribution is 2.29. The van der Waals surface area contributed by atoms with Crippen LogP contribution in [0.4, 0.5) is 4.79 Å². The van der Waals surface area contributed by atoms with E-state index in [0.29, 0.717) is 58.0 Å². The van der Waals surface area contributed by atoms with Gasteiger partial charge in [0.1, 0.15) is 11.4 Å². The summed E-state index contributed by atoms with van der Waals surface area (Å²) < 4.78 is 7.98. The molecule has 0 saturated carbocycles. The van der Waals surface area contributed by atoms with E-state index in [1.165, 1.54) is 0 Å². The Hall–Kier alpha value is -3.28. The number of piperidine rings is 1. The number of nitrogens with two attached hydrogens (primary N) is 1. The zero-order chi connectivity index (χ0) is 28.8. The molecular weight excluding hydrogens is 598 g/mol. The van der Waals surface area contributed by atoms with Crippen LogP contribution in [0.1, 0.15) is 55.8 Å². The lowest BCUT2D eigenvalue weighted by Gasteiger charge is -2.37. The first-order chi connectivity index (χ1) is 18.9. The second-order valence-electron chi connectivity index (χ2n) is 11.1. The summed E-state index contributed by atoms with van der Waals surface area (Å²) in [5.74, 6) is 1.05. The first-order valence-corrected chi connectivity index (χ1v) is 14.2. The predicted molar refractivity (Wildman–Crippen MR) is 157 cm³/mol. The second-order valence-corrected chi connectivity index (χ2v) is 12.4. The van der Waals surface area contributed by atoms with E-state index in [2.05, 4.69) is 30.9 Å². The molecule has 1 aliphatic rings. The SMILES string of the molecule is Cc1cn(-c2ccc(Cc3nc4cc(Br)c(Cl)cc4c(=O)[nH]3)cn2)nc1C1CN(C(=O)OC(C)(C)C)CCC1N. The quantitative estimate of drug-likeness (QED) is 0.330. The Morgan fingerprint density at radius 1 is 1.30 bits per heavy atom. The zero-order valence-electron chi connectivity index (χ0n) is 22.7. The topological polar surface area (TPSA) is 132 Å². The number of aromatic nitrogens is 5. The Morgan fingerprint density at radius 3 is 2.77 bits per heavy atom. The molecule has 0 spiro atoms. The van der Waals surface area contributed by atoms with E-state index in [-0.39, 0.29) is 23.6 Å². The number of rotatable bonds is 4. The molecule has 1 aliphatic heterocycles. The number of ether oxygens (including phenoxy) is 1. The number of benzene rings is 1. The molecule has 0 bridgehead atoms. The third-order valence-electron chi connectivity index (χ3n) is 6.82. The molecule has 10 nitrogen and oxygen atoms in total. The summed E-state index contributed by atoms with van der Waals surface area (Å²) in [5.41, 5.74) is 8.94. The summed E-state index contributed by atoms with van der Waals surface area (Å²) in [6.07, 6.45) is 4.39.